The van der Waals surface area contributed by atoms with Gasteiger partial charge >= 0.3 is 5.97 Å². The van der Waals surface area contributed by atoms with Gasteiger partial charge in [0.05, 0.1) is 17.7 Å². The van der Waals surface area contributed by atoms with E-state index in [2.05, 4.69) is 4.99 Å². The van der Waals surface area contributed by atoms with Crippen LogP contribution in [-0.2, 0) is 9.53 Å². The van der Waals surface area contributed by atoms with Gasteiger partial charge in [-0.3, -0.25) is 0 Å². The van der Waals surface area contributed by atoms with Crippen molar-refractivity contribution in [1.82, 2.24) is 0 Å². The van der Waals surface area contributed by atoms with Crippen LogP contribution in [0.5, 0.6) is 0 Å². The summed E-state index contributed by atoms with van der Waals surface area (Å²) in [6, 6.07) is 12.6. The number of nitrogens with zero attached hydrogens (tertiary/aromatic N) is 1. The van der Waals surface area contributed by atoms with Gasteiger partial charge in [-0.15, -0.1) is 0 Å². The molecule has 2 aromatic carbocycles. The first-order valence-corrected chi connectivity index (χ1v) is 8.69. The number of carbonyl (C=O) groups excluding carboxylic acids is 1. The van der Waals surface area contributed by atoms with Crippen LogP contribution in [0.25, 0.3) is 6.08 Å². The molecule has 0 radical (unpaired) electrons. The molecular formula is C19H13ClFNO3S. The average Bonchev–Trinajstić information content (AvgIpc) is 2.91. The number of aliphatic hydroxyl groups is 1. The van der Waals surface area contributed by atoms with Crippen LogP contribution in [0.4, 0.5) is 10.1 Å². The Labute approximate surface area is 158 Å². The summed E-state index contributed by atoms with van der Waals surface area (Å²) in [4.78, 5) is 16.9. The first-order valence-electron chi connectivity index (χ1n) is 7.49. The Morgan fingerprint density at radius 3 is 2.65 bits per heavy atom. The molecule has 26 heavy (non-hydrogen) atoms. The Bertz CT molecular complexity index is 952. The molecule has 3 rings (SSSR count). The molecular weight excluding hydrogens is 377 g/mol. The van der Waals surface area contributed by atoms with E-state index in [-0.39, 0.29) is 22.2 Å². The van der Waals surface area contributed by atoms with Crippen molar-refractivity contribution in [3.8, 4) is 0 Å². The summed E-state index contributed by atoms with van der Waals surface area (Å²) in [6.45, 7) is 0. The van der Waals surface area contributed by atoms with Crippen molar-refractivity contribution in [2.24, 2.45) is 4.99 Å². The zero-order chi connectivity index (χ0) is 18.7. The highest BCUT2D eigenvalue weighted by Gasteiger charge is 2.32. The van der Waals surface area contributed by atoms with Crippen LogP contribution in [0.15, 0.2) is 69.8 Å². The quantitative estimate of drug-likeness (QED) is 0.725. The number of rotatable bonds is 3. The molecule has 7 heteroatoms. The van der Waals surface area contributed by atoms with Crippen LogP contribution in [0, 0.1) is 5.82 Å². The lowest BCUT2D eigenvalue weighted by molar-refractivity contribution is -0.135. The standard InChI is InChI=1S/C19H13ClFNO3S/c1-25-19(24)16-17(23)15(10-11-3-2-4-12(20)9-11)26-18(16)22-14-7-5-13(21)6-8-14/h2-10,23H,1H3. The summed E-state index contributed by atoms with van der Waals surface area (Å²) in [7, 11) is 1.22. The van der Waals surface area contributed by atoms with E-state index < -0.39 is 5.97 Å². The van der Waals surface area contributed by atoms with Crippen LogP contribution in [0.1, 0.15) is 5.56 Å². The molecule has 0 spiro atoms. The van der Waals surface area contributed by atoms with E-state index in [9.17, 15) is 14.3 Å². The Morgan fingerprint density at radius 1 is 1.27 bits per heavy atom. The Kier molecular flexibility index (Phi) is 5.44. The molecule has 0 bridgehead atoms. The summed E-state index contributed by atoms with van der Waals surface area (Å²) >= 11 is 7.10. The number of ether oxygens (including phenoxy) is 1. The zero-order valence-electron chi connectivity index (χ0n) is 13.6. The van der Waals surface area contributed by atoms with Crippen molar-refractivity contribution < 1.29 is 19.0 Å². The highest BCUT2D eigenvalue weighted by Crippen LogP contribution is 2.40. The summed E-state index contributed by atoms with van der Waals surface area (Å²) in [5, 5.41) is 11.3. The molecule has 0 aromatic heterocycles. The van der Waals surface area contributed by atoms with Crippen molar-refractivity contribution in [3.63, 3.8) is 0 Å². The van der Waals surface area contributed by atoms with Crippen LogP contribution in [0.3, 0.4) is 0 Å². The highest BCUT2D eigenvalue weighted by molar-refractivity contribution is 8.18. The second-order valence-corrected chi connectivity index (χ2v) is 6.74. The lowest BCUT2D eigenvalue weighted by Crippen LogP contribution is -2.10. The summed E-state index contributed by atoms with van der Waals surface area (Å²) in [6.07, 6.45) is 1.70. The van der Waals surface area contributed by atoms with Crippen molar-refractivity contribution >= 4 is 46.1 Å². The number of hydrogen-bond donors (Lipinski definition) is 1. The Hall–Kier alpha value is -2.57. The zero-order valence-corrected chi connectivity index (χ0v) is 15.1. The molecule has 0 atom stereocenters. The van der Waals surface area contributed by atoms with Gasteiger partial charge < -0.3 is 9.84 Å². The normalized spacial score (nSPS) is 17.2. The second kappa shape index (κ2) is 7.76. The molecule has 2 aromatic rings. The molecule has 0 amide bonds. The molecule has 1 aliphatic heterocycles. The highest BCUT2D eigenvalue weighted by atomic mass is 35.5. The van der Waals surface area contributed by atoms with Crippen molar-refractivity contribution in [3.05, 3.63) is 81.2 Å². The molecule has 1 aliphatic rings. The van der Waals surface area contributed by atoms with Crippen LogP contribution in [-0.4, -0.2) is 23.2 Å². The van der Waals surface area contributed by atoms with E-state index in [4.69, 9.17) is 16.3 Å². The summed E-state index contributed by atoms with van der Waals surface area (Å²) in [5.41, 5.74) is 1.18. The van der Waals surface area contributed by atoms with Crippen LogP contribution in [0.2, 0.25) is 5.02 Å². The van der Waals surface area contributed by atoms with E-state index >= 15 is 0 Å². The predicted octanol–water partition coefficient (Wildman–Crippen LogP) is 5.28. The number of carbonyl (C=O) groups is 1. The average molecular weight is 390 g/mol. The molecule has 1 N–H and O–H groups in total. The van der Waals surface area contributed by atoms with E-state index in [1.54, 1.807) is 24.3 Å². The van der Waals surface area contributed by atoms with E-state index in [1.807, 2.05) is 6.07 Å². The number of aliphatic imine (C=N–C) groups is 1. The minimum absolute atomic E-state index is 0.0323. The third-order valence-electron chi connectivity index (χ3n) is 3.48. The number of methoxy groups -OCH3 is 1. The SMILES string of the molecule is COC(=O)C1=C(O)C(=Cc2cccc(Cl)c2)SC1=Nc1ccc(F)cc1. The van der Waals surface area contributed by atoms with Crippen molar-refractivity contribution in [1.29, 1.82) is 0 Å². The number of halogens is 2. The number of esters is 1. The molecule has 0 fully saturated rings. The lowest BCUT2D eigenvalue weighted by Gasteiger charge is -2.01. The van der Waals surface area contributed by atoms with E-state index in [0.29, 0.717) is 15.6 Å². The van der Waals surface area contributed by atoms with Gasteiger partial charge in [-0.25, -0.2) is 14.2 Å². The van der Waals surface area contributed by atoms with Gasteiger partial charge in [0.25, 0.3) is 0 Å². The van der Waals surface area contributed by atoms with Gasteiger partial charge in [0.2, 0.25) is 0 Å². The first-order chi connectivity index (χ1) is 12.5. The fourth-order valence-electron chi connectivity index (χ4n) is 2.27. The Morgan fingerprint density at radius 2 is 2.00 bits per heavy atom. The number of aliphatic hydroxyl groups excluding tert-OH is 1. The van der Waals surface area contributed by atoms with Gasteiger partial charge in [0, 0.05) is 5.02 Å². The van der Waals surface area contributed by atoms with Gasteiger partial charge in [0.1, 0.15) is 22.2 Å². The minimum atomic E-state index is -0.703. The maximum absolute atomic E-state index is 13.1. The third-order valence-corrected chi connectivity index (χ3v) is 4.74. The topological polar surface area (TPSA) is 58.9 Å². The van der Waals surface area contributed by atoms with E-state index in [0.717, 1.165) is 17.3 Å². The fourth-order valence-corrected chi connectivity index (χ4v) is 3.51. The number of benzene rings is 2. The van der Waals surface area contributed by atoms with Crippen molar-refractivity contribution in [2.45, 2.75) is 0 Å². The monoisotopic (exact) mass is 389 g/mol. The van der Waals surface area contributed by atoms with E-state index in [1.165, 1.54) is 31.4 Å². The third kappa shape index (κ3) is 3.98. The maximum Gasteiger partial charge on any atom is 0.344 e. The smallest absolute Gasteiger partial charge is 0.344 e. The predicted molar refractivity (Wildman–Crippen MR) is 102 cm³/mol. The number of thioether (sulfide) groups is 1. The summed E-state index contributed by atoms with van der Waals surface area (Å²) < 4.78 is 17.8. The molecule has 132 valence electrons. The second-order valence-electron chi connectivity index (χ2n) is 5.27. The van der Waals surface area contributed by atoms with Gasteiger partial charge in [-0.2, -0.15) is 0 Å². The Balaban J connectivity index is 2.04. The molecule has 4 nitrogen and oxygen atoms in total. The number of hydrogen-bond acceptors (Lipinski definition) is 5. The van der Waals surface area contributed by atoms with Gasteiger partial charge in [-0.05, 0) is 48.0 Å². The molecule has 0 unspecified atom stereocenters. The van der Waals surface area contributed by atoms with Gasteiger partial charge in [0.15, 0.2) is 0 Å². The molecule has 0 saturated heterocycles. The van der Waals surface area contributed by atoms with Gasteiger partial charge in [-0.1, -0.05) is 35.5 Å². The fraction of sp³-hybridized carbons (Fsp3) is 0.0526. The molecule has 0 saturated carbocycles. The summed E-state index contributed by atoms with van der Waals surface area (Å²) in [5.74, 6) is -1.31. The van der Waals surface area contributed by atoms with Crippen LogP contribution >= 0.6 is 23.4 Å². The van der Waals surface area contributed by atoms with Crippen molar-refractivity contribution in [2.75, 3.05) is 7.11 Å². The molecule has 1 heterocycles. The maximum atomic E-state index is 13.1. The minimum Gasteiger partial charge on any atom is -0.506 e. The molecule has 0 aliphatic carbocycles. The van der Waals surface area contributed by atoms with Crippen LogP contribution < -0.4 is 0 Å². The largest absolute Gasteiger partial charge is 0.506 e. The lowest BCUT2D eigenvalue weighted by atomic mass is 10.1. The first kappa shape index (κ1) is 18.2.